The molecule has 1 nitrogen and oxygen atoms in total. The van der Waals surface area contributed by atoms with Gasteiger partial charge in [-0.2, -0.15) is 0 Å². The van der Waals surface area contributed by atoms with Gasteiger partial charge in [0.05, 0.1) is 0 Å². The Hall–Kier alpha value is -0.590. The van der Waals surface area contributed by atoms with Crippen molar-refractivity contribution in [2.24, 2.45) is 11.8 Å². The molecule has 29 heavy (non-hydrogen) atoms. The van der Waals surface area contributed by atoms with Gasteiger partial charge in [0.25, 0.3) is 0 Å². The maximum Gasteiger partial charge on any atom is 0.123 e. The Morgan fingerprint density at radius 1 is 0.552 bits per heavy atom. The van der Waals surface area contributed by atoms with Crippen LogP contribution in [0, 0.1) is 11.8 Å². The van der Waals surface area contributed by atoms with Crippen LogP contribution in [0.25, 0.3) is 0 Å². The van der Waals surface area contributed by atoms with Gasteiger partial charge in [-0.1, -0.05) is 123 Å². The highest BCUT2D eigenvalue weighted by molar-refractivity contribution is 5.53. The fourth-order valence-electron chi connectivity index (χ4n) is 4.07. The first-order chi connectivity index (χ1) is 14.2. The molecule has 0 fully saturated rings. The molecule has 1 heteroatoms. The Labute approximate surface area is 184 Å². The third-order valence-corrected chi connectivity index (χ3v) is 6.14. The number of rotatable bonds is 23. The van der Waals surface area contributed by atoms with E-state index in [4.69, 9.17) is 0 Å². The second-order valence-electron chi connectivity index (χ2n) is 9.65. The summed E-state index contributed by atoms with van der Waals surface area (Å²) in [5.41, 5.74) is 0. The molecule has 0 radical (unpaired) electrons. The summed E-state index contributed by atoms with van der Waals surface area (Å²) in [5, 5.41) is 0. The van der Waals surface area contributed by atoms with Gasteiger partial charge in [0.2, 0.25) is 0 Å². The lowest BCUT2D eigenvalue weighted by Gasteiger charge is -2.10. The molecule has 1 unspecified atom stereocenters. The topological polar surface area (TPSA) is 17.1 Å². The second kappa shape index (κ2) is 23.7. The maximum absolute atomic E-state index is 11.3. The maximum atomic E-state index is 11.3. The Bertz CT molecular complexity index is 344. The van der Waals surface area contributed by atoms with Crippen LogP contribution in [0.2, 0.25) is 0 Å². The van der Waals surface area contributed by atoms with Crippen molar-refractivity contribution in [1.82, 2.24) is 0 Å². The molecule has 0 N–H and O–H groups in total. The summed E-state index contributed by atoms with van der Waals surface area (Å²) in [4.78, 5) is 11.3. The summed E-state index contributed by atoms with van der Waals surface area (Å²) in [7, 11) is 0. The highest BCUT2D eigenvalue weighted by Gasteiger charge is 2.06. The van der Waals surface area contributed by atoms with E-state index < -0.39 is 0 Å². The average Bonchev–Trinajstić information content (AvgIpc) is 2.71. The van der Waals surface area contributed by atoms with Gasteiger partial charge in [-0.15, -0.1) is 0 Å². The molecule has 0 aliphatic heterocycles. The summed E-state index contributed by atoms with van der Waals surface area (Å²) in [6.07, 6.45) is 32.3. The first-order valence-corrected chi connectivity index (χ1v) is 13.3. The average molecular weight is 407 g/mol. The van der Waals surface area contributed by atoms with Crippen LogP contribution >= 0.6 is 0 Å². The highest BCUT2D eigenvalue weighted by Crippen LogP contribution is 2.18. The predicted octanol–water partition coefficient (Wildman–Crippen LogP) is 9.84. The SMILES string of the molecule is CCCCCCCC/C=C\CCCCCCC(C=O)CCCCCCCC(C)C. The normalized spacial score (nSPS) is 12.8. The number of allylic oxidation sites excluding steroid dienone is 2. The molecule has 0 bridgehead atoms. The van der Waals surface area contributed by atoms with Crippen LogP contribution in [0.5, 0.6) is 0 Å². The first kappa shape index (κ1) is 28.4. The molecule has 0 spiro atoms. The van der Waals surface area contributed by atoms with Crippen molar-refractivity contribution in [3.8, 4) is 0 Å². The molecular weight excluding hydrogens is 352 g/mol. The summed E-state index contributed by atoms with van der Waals surface area (Å²) < 4.78 is 0. The molecule has 172 valence electrons. The van der Waals surface area contributed by atoms with E-state index in [0.29, 0.717) is 5.92 Å². The van der Waals surface area contributed by atoms with Gasteiger partial charge < -0.3 is 4.79 Å². The lowest BCUT2D eigenvalue weighted by molar-refractivity contribution is -0.111. The zero-order valence-corrected chi connectivity index (χ0v) is 20.4. The van der Waals surface area contributed by atoms with Crippen LogP contribution < -0.4 is 0 Å². The summed E-state index contributed by atoms with van der Waals surface area (Å²) in [6, 6.07) is 0. The third kappa shape index (κ3) is 23.6. The zero-order valence-electron chi connectivity index (χ0n) is 20.4. The molecule has 0 amide bonds. The van der Waals surface area contributed by atoms with Crippen molar-refractivity contribution in [2.45, 2.75) is 149 Å². The van der Waals surface area contributed by atoms with Crippen molar-refractivity contribution >= 4 is 6.29 Å². The van der Waals surface area contributed by atoms with Gasteiger partial charge in [0, 0.05) is 5.92 Å². The van der Waals surface area contributed by atoms with Crippen molar-refractivity contribution in [1.29, 1.82) is 0 Å². The van der Waals surface area contributed by atoms with Gasteiger partial charge in [0.15, 0.2) is 0 Å². The van der Waals surface area contributed by atoms with E-state index in [1.54, 1.807) is 0 Å². The summed E-state index contributed by atoms with van der Waals surface area (Å²) in [6.45, 7) is 6.90. The minimum absolute atomic E-state index is 0.322. The van der Waals surface area contributed by atoms with E-state index in [9.17, 15) is 4.79 Å². The van der Waals surface area contributed by atoms with Crippen LogP contribution in [-0.2, 0) is 4.79 Å². The predicted molar refractivity (Wildman–Crippen MR) is 132 cm³/mol. The largest absolute Gasteiger partial charge is 0.303 e. The molecule has 0 aliphatic carbocycles. The molecule has 0 aromatic carbocycles. The molecule has 0 heterocycles. The Morgan fingerprint density at radius 2 is 0.966 bits per heavy atom. The minimum Gasteiger partial charge on any atom is -0.303 e. The third-order valence-electron chi connectivity index (χ3n) is 6.14. The van der Waals surface area contributed by atoms with Gasteiger partial charge in [-0.05, 0) is 44.4 Å². The summed E-state index contributed by atoms with van der Waals surface area (Å²) >= 11 is 0. The lowest BCUT2D eigenvalue weighted by atomic mass is 9.95. The van der Waals surface area contributed by atoms with Crippen molar-refractivity contribution in [3.63, 3.8) is 0 Å². The lowest BCUT2D eigenvalue weighted by Crippen LogP contribution is -2.02. The molecule has 0 saturated carbocycles. The van der Waals surface area contributed by atoms with Gasteiger partial charge in [-0.25, -0.2) is 0 Å². The molecule has 0 aromatic heterocycles. The van der Waals surface area contributed by atoms with E-state index in [0.717, 1.165) is 18.8 Å². The Kier molecular flexibility index (Phi) is 23.2. The fourth-order valence-corrected chi connectivity index (χ4v) is 4.07. The van der Waals surface area contributed by atoms with Crippen molar-refractivity contribution in [2.75, 3.05) is 0 Å². The van der Waals surface area contributed by atoms with Gasteiger partial charge >= 0.3 is 0 Å². The van der Waals surface area contributed by atoms with E-state index in [-0.39, 0.29) is 0 Å². The second-order valence-corrected chi connectivity index (χ2v) is 9.65. The molecule has 0 aliphatic rings. The number of carbonyl (C=O) groups excluding carboxylic acids is 1. The molecule has 0 aromatic rings. The standard InChI is InChI=1S/C28H54O/c1-4-5-6-7-8-9-10-11-12-13-14-15-18-21-24-28(26-29)25-22-19-16-17-20-23-27(2)3/h11-12,26-28H,4-10,13-25H2,1-3H3/b12-11-. The molecule has 1 atom stereocenters. The fraction of sp³-hybridized carbons (Fsp3) is 0.893. The molecular formula is C28H54O. The number of hydrogen-bond donors (Lipinski definition) is 0. The van der Waals surface area contributed by atoms with E-state index >= 15 is 0 Å². The number of hydrogen-bond acceptors (Lipinski definition) is 1. The quantitative estimate of drug-likeness (QED) is 0.0937. The van der Waals surface area contributed by atoms with Crippen LogP contribution in [0.15, 0.2) is 12.2 Å². The van der Waals surface area contributed by atoms with Gasteiger partial charge in [-0.3, -0.25) is 0 Å². The van der Waals surface area contributed by atoms with E-state index in [1.807, 2.05) is 0 Å². The number of carbonyl (C=O) groups is 1. The molecule has 0 saturated heterocycles. The van der Waals surface area contributed by atoms with Crippen LogP contribution in [0.1, 0.15) is 149 Å². The van der Waals surface area contributed by atoms with E-state index in [2.05, 4.69) is 32.9 Å². The highest BCUT2D eigenvalue weighted by atomic mass is 16.1. The van der Waals surface area contributed by atoms with Crippen LogP contribution in [-0.4, -0.2) is 6.29 Å². The minimum atomic E-state index is 0.322. The van der Waals surface area contributed by atoms with Crippen molar-refractivity contribution < 1.29 is 4.79 Å². The first-order valence-electron chi connectivity index (χ1n) is 13.3. The summed E-state index contributed by atoms with van der Waals surface area (Å²) in [5.74, 6) is 1.17. The smallest absolute Gasteiger partial charge is 0.123 e. The van der Waals surface area contributed by atoms with E-state index in [1.165, 1.54) is 122 Å². The van der Waals surface area contributed by atoms with Crippen LogP contribution in [0.4, 0.5) is 0 Å². The van der Waals surface area contributed by atoms with Gasteiger partial charge in [0.1, 0.15) is 6.29 Å². The molecule has 0 rings (SSSR count). The Morgan fingerprint density at radius 3 is 1.41 bits per heavy atom. The number of unbranched alkanes of at least 4 members (excludes halogenated alkanes) is 14. The zero-order chi connectivity index (χ0) is 21.4. The monoisotopic (exact) mass is 406 g/mol. The van der Waals surface area contributed by atoms with Crippen molar-refractivity contribution in [3.05, 3.63) is 12.2 Å². The number of aldehydes is 1. The Balaban J connectivity index is 3.36. The van der Waals surface area contributed by atoms with Crippen LogP contribution in [0.3, 0.4) is 0 Å².